The van der Waals surface area contributed by atoms with Crippen LogP contribution in [0, 0.1) is 0 Å². The van der Waals surface area contributed by atoms with Gasteiger partial charge in [0.05, 0.1) is 24.2 Å². The van der Waals surface area contributed by atoms with E-state index >= 15 is 0 Å². The van der Waals surface area contributed by atoms with Gasteiger partial charge in [0, 0.05) is 25.2 Å². The van der Waals surface area contributed by atoms with Crippen LogP contribution in [0.5, 0.6) is 0 Å². The summed E-state index contributed by atoms with van der Waals surface area (Å²) in [6, 6.07) is 14.3. The van der Waals surface area contributed by atoms with Gasteiger partial charge in [-0.3, -0.25) is 9.69 Å². The molecule has 0 radical (unpaired) electrons. The molecule has 0 spiro atoms. The normalized spacial score (nSPS) is 16.5. The summed E-state index contributed by atoms with van der Waals surface area (Å²) in [7, 11) is -4.68. The standard InChI is InChI=1S/C20H22F2N2O4S/c21-20(22)29(26,27)17-8-6-16(7-9-17)19(25)23-14-18(15-4-2-1-3-5-15)24-10-12-28-13-11-24/h1-9,18,20H,10-14H2,(H,23,25). The first-order valence-corrected chi connectivity index (χ1v) is 10.7. The fraction of sp³-hybridized carbons (Fsp3) is 0.350. The third-order valence-electron chi connectivity index (χ3n) is 4.81. The van der Waals surface area contributed by atoms with Gasteiger partial charge in [0.15, 0.2) is 0 Å². The molecule has 1 aliphatic heterocycles. The van der Waals surface area contributed by atoms with Crippen molar-refractivity contribution in [1.29, 1.82) is 0 Å². The molecular formula is C20H22F2N2O4S. The highest BCUT2D eigenvalue weighted by Crippen LogP contribution is 2.22. The van der Waals surface area contributed by atoms with Gasteiger partial charge in [-0.25, -0.2) is 8.42 Å². The van der Waals surface area contributed by atoms with Crippen molar-refractivity contribution in [3.05, 3.63) is 65.7 Å². The van der Waals surface area contributed by atoms with Crippen molar-refractivity contribution in [2.75, 3.05) is 32.8 Å². The Balaban J connectivity index is 1.70. The maximum absolute atomic E-state index is 12.6. The summed E-state index contributed by atoms with van der Waals surface area (Å²) in [6.45, 7) is 3.08. The van der Waals surface area contributed by atoms with Crippen LogP contribution in [0.3, 0.4) is 0 Å². The minimum atomic E-state index is -4.68. The fourth-order valence-electron chi connectivity index (χ4n) is 3.21. The van der Waals surface area contributed by atoms with Crippen LogP contribution >= 0.6 is 0 Å². The molecule has 1 aliphatic rings. The molecule has 0 aromatic heterocycles. The zero-order valence-electron chi connectivity index (χ0n) is 15.6. The monoisotopic (exact) mass is 424 g/mol. The summed E-state index contributed by atoms with van der Waals surface area (Å²) >= 11 is 0. The highest BCUT2D eigenvalue weighted by Gasteiger charge is 2.27. The first-order chi connectivity index (χ1) is 13.9. The smallest absolute Gasteiger partial charge is 0.341 e. The Bertz CT molecular complexity index is 915. The van der Waals surface area contributed by atoms with Crippen molar-refractivity contribution < 1.29 is 26.7 Å². The molecule has 1 atom stereocenters. The molecule has 2 aromatic carbocycles. The SMILES string of the molecule is O=C(NCC(c1ccccc1)N1CCOCC1)c1ccc(S(=O)(=O)C(F)F)cc1. The topological polar surface area (TPSA) is 75.7 Å². The maximum atomic E-state index is 12.6. The second-order valence-electron chi connectivity index (χ2n) is 6.61. The average molecular weight is 424 g/mol. The molecule has 1 unspecified atom stereocenters. The maximum Gasteiger partial charge on any atom is 0.341 e. The predicted octanol–water partition coefficient (Wildman–Crippen LogP) is 2.49. The van der Waals surface area contributed by atoms with Crippen molar-refractivity contribution >= 4 is 15.7 Å². The van der Waals surface area contributed by atoms with Crippen molar-refractivity contribution in [2.45, 2.75) is 16.7 Å². The highest BCUT2D eigenvalue weighted by molar-refractivity contribution is 7.91. The molecule has 9 heteroatoms. The van der Waals surface area contributed by atoms with Crippen molar-refractivity contribution in [3.8, 4) is 0 Å². The Hall–Kier alpha value is -2.36. The second-order valence-corrected chi connectivity index (χ2v) is 8.53. The van der Waals surface area contributed by atoms with Crippen LogP contribution in [0.15, 0.2) is 59.5 Å². The van der Waals surface area contributed by atoms with Crippen LogP contribution in [-0.2, 0) is 14.6 Å². The number of nitrogens with zero attached hydrogens (tertiary/aromatic N) is 1. The highest BCUT2D eigenvalue weighted by atomic mass is 32.2. The van der Waals surface area contributed by atoms with Gasteiger partial charge in [-0.15, -0.1) is 0 Å². The molecule has 29 heavy (non-hydrogen) atoms. The van der Waals surface area contributed by atoms with Crippen molar-refractivity contribution in [1.82, 2.24) is 10.2 Å². The van der Waals surface area contributed by atoms with E-state index in [9.17, 15) is 22.0 Å². The molecule has 0 saturated carbocycles. The first-order valence-electron chi connectivity index (χ1n) is 9.16. The number of nitrogens with one attached hydrogen (secondary N) is 1. The number of carbonyl (C=O) groups excluding carboxylic acids is 1. The van der Waals surface area contributed by atoms with Crippen LogP contribution in [0.25, 0.3) is 0 Å². The number of amides is 1. The van der Waals surface area contributed by atoms with Crippen LogP contribution in [-0.4, -0.2) is 57.8 Å². The lowest BCUT2D eigenvalue weighted by Crippen LogP contribution is -2.43. The van der Waals surface area contributed by atoms with Gasteiger partial charge >= 0.3 is 5.76 Å². The van der Waals surface area contributed by atoms with E-state index in [1.165, 1.54) is 12.1 Å². The van der Waals surface area contributed by atoms with E-state index in [1.54, 1.807) is 0 Å². The predicted molar refractivity (Wildman–Crippen MR) is 104 cm³/mol. The number of hydrogen-bond acceptors (Lipinski definition) is 5. The molecule has 156 valence electrons. The van der Waals surface area contributed by atoms with E-state index in [1.807, 2.05) is 30.3 Å². The van der Waals surface area contributed by atoms with E-state index in [0.29, 0.717) is 19.8 Å². The summed E-state index contributed by atoms with van der Waals surface area (Å²) in [5.74, 6) is -3.90. The number of ether oxygens (including phenoxy) is 1. The lowest BCUT2D eigenvalue weighted by atomic mass is 10.0. The van der Waals surface area contributed by atoms with Crippen LogP contribution in [0.2, 0.25) is 0 Å². The zero-order valence-corrected chi connectivity index (χ0v) is 16.4. The molecule has 3 rings (SSSR count). The Labute approximate surface area is 168 Å². The van der Waals surface area contributed by atoms with Gasteiger partial charge < -0.3 is 10.1 Å². The molecule has 6 nitrogen and oxygen atoms in total. The Morgan fingerprint density at radius 1 is 1.03 bits per heavy atom. The molecule has 1 saturated heterocycles. The molecule has 1 fully saturated rings. The number of carbonyl (C=O) groups is 1. The van der Waals surface area contributed by atoms with Gasteiger partial charge in [0.1, 0.15) is 0 Å². The van der Waals surface area contributed by atoms with Crippen molar-refractivity contribution in [3.63, 3.8) is 0 Å². The number of sulfone groups is 1. The average Bonchev–Trinajstić information content (AvgIpc) is 2.75. The Kier molecular flexibility index (Phi) is 6.94. The Morgan fingerprint density at radius 3 is 2.24 bits per heavy atom. The number of alkyl halides is 2. The van der Waals surface area contributed by atoms with E-state index in [4.69, 9.17) is 4.74 Å². The largest absolute Gasteiger partial charge is 0.379 e. The third-order valence-corrected chi connectivity index (χ3v) is 6.20. The van der Waals surface area contributed by atoms with E-state index in [-0.39, 0.29) is 11.6 Å². The van der Waals surface area contributed by atoms with E-state index in [2.05, 4.69) is 10.2 Å². The second kappa shape index (κ2) is 9.43. The van der Waals surface area contributed by atoms with Crippen LogP contribution < -0.4 is 5.32 Å². The lowest BCUT2D eigenvalue weighted by molar-refractivity contribution is 0.0162. The van der Waals surface area contributed by atoms with Gasteiger partial charge in [-0.1, -0.05) is 30.3 Å². The minimum Gasteiger partial charge on any atom is -0.379 e. The molecule has 1 amide bonds. The summed E-state index contributed by atoms with van der Waals surface area (Å²) in [5, 5.41) is 2.86. The first kappa shape index (κ1) is 21.4. The molecule has 0 aliphatic carbocycles. The fourth-order valence-corrected chi connectivity index (χ4v) is 3.93. The van der Waals surface area contributed by atoms with Crippen molar-refractivity contribution in [2.24, 2.45) is 0 Å². The summed E-state index contributed by atoms with van der Waals surface area (Å²) in [6.07, 6.45) is 0. The van der Waals surface area contributed by atoms with Gasteiger partial charge in [0.2, 0.25) is 9.84 Å². The van der Waals surface area contributed by atoms with E-state index < -0.39 is 26.4 Å². The Morgan fingerprint density at radius 2 is 1.66 bits per heavy atom. The number of rotatable bonds is 7. The quantitative estimate of drug-likeness (QED) is 0.739. The van der Waals surface area contributed by atoms with Crippen LogP contribution in [0.4, 0.5) is 8.78 Å². The van der Waals surface area contributed by atoms with Gasteiger partial charge in [-0.05, 0) is 29.8 Å². The summed E-state index contributed by atoms with van der Waals surface area (Å²) in [5.41, 5.74) is 1.26. The molecule has 0 bridgehead atoms. The molecular weight excluding hydrogens is 402 g/mol. The number of morpholine rings is 1. The van der Waals surface area contributed by atoms with Crippen LogP contribution in [0.1, 0.15) is 22.0 Å². The van der Waals surface area contributed by atoms with Gasteiger partial charge in [0.25, 0.3) is 5.91 Å². The summed E-state index contributed by atoms with van der Waals surface area (Å²) in [4.78, 5) is 14.2. The molecule has 1 heterocycles. The number of benzene rings is 2. The lowest BCUT2D eigenvalue weighted by Gasteiger charge is -2.35. The summed E-state index contributed by atoms with van der Waals surface area (Å²) < 4.78 is 53.6. The minimum absolute atomic E-state index is 0.0393. The number of hydrogen-bond donors (Lipinski definition) is 1. The van der Waals surface area contributed by atoms with E-state index in [0.717, 1.165) is 30.8 Å². The zero-order chi connectivity index (χ0) is 20.9. The molecule has 2 aromatic rings. The number of halogens is 2. The molecule has 1 N–H and O–H groups in total. The van der Waals surface area contributed by atoms with Gasteiger partial charge in [-0.2, -0.15) is 8.78 Å². The third kappa shape index (κ3) is 5.17.